The van der Waals surface area contributed by atoms with Crippen molar-refractivity contribution in [2.45, 2.75) is 24.7 Å². The van der Waals surface area contributed by atoms with Gasteiger partial charge < -0.3 is 14.9 Å². The van der Waals surface area contributed by atoms with E-state index in [0.29, 0.717) is 0 Å². The molecule has 56 valence electrons. The quantitative estimate of drug-likeness (QED) is 0.495. The van der Waals surface area contributed by atoms with Crippen LogP contribution in [-0.4, -0.2) is 35.1 Å². The summed E-state index contributed by atoms with van der Waals surface area (Å²) in [5.41, 5.74) is 0. The van der Waals surface area contributed by atoms with Gasteiger partial charge in [-0.05, 0) is 0 Å². The SMILES string of the molecule is N#CC[C@@H]1OC[C@@H](O)[C@H]1O. The van der Waals surface area contributed by atoms with E-state index in [1.807, 2.05) is 6.07 Å². The maximum absolute atomic E-state index is 9.06. The van der Waals surface area contributed by atoms with Gasteiger partial charge in [0, 0.05) is 0 Å². The number of ether oxygens (including phenoxy) is 1. The van der Waals surface area contributed by atoms with Crippen LogP contribution in [0.5, 0.6) is 0 Å². The van der Waals surface area contributed by atoms with E-state index in [2.05, 4.69) is 0 Å². The van der Waals surface area contributed by atoms with Crippen molar-refractivity contribution < 1.29 is 14.9 Å². The molecule has 1 rings (SSSR count). The molecule has 1 fully saturated rings. The zero-order valence-corrected chi connectivity index (χ0v) is 5.40. The second-order valence-electron chi connectivity index (χ2n) is 2.29. The van der Waals surface area contributed by atoms with Crippen molar-refractivity contribution in [2.75, 3.05) is 6.61 Å². The summed E-state index contributed by atoms with van der Waals surface area (Å²) in [4.78, 5) is 0. The summed E-state index contributed by atoms with van der Waals surface area (Å²) in [7, 11) is 0. The summed E-state index contributed by atoms with van der Waals surface area (Å²) in [5.74, 6) is 0. The first-order valence-electron chi connectivity index (χ1n) is 3.10. The molecule has 1 heterocycles. The van der Waals surface area contributed by atoms with Gasteiger partial charge in [-0.1, -0.05) is 0 Å². The van der Waals surface area contributed by atoms with Gasteiger partial charge in [0.15, 0.2) is 0 Å². The molecule has 4 nitrogen and oxygen atoms in total. The number of hydrogen-bond acceptors (Lipinski definition) is 4. The Bertz CT molecular complexity index is 154. The lowest BCUT2D eigenvalue weighted by molar-refractivity contribution is 0.0257. The van der Waals surface area contributed by atoms with Gasteiger partial charge in [-0.15, -0.1) is 0 Å². The maximum Gasteiger partial charge on any atom is 0.109 e. The van der Waals surface area contributed by atoms with Crippen LogP contribution in [0.1, 0.15) is 6.42 Å². The van der Waals surface area contributed by atoms with Crippen molar-refractivity contribution in [1.29, 1.82) is 5.26 Å². The minimum Gasteiger partial charge on any atom is -0.388 e. The molecule has 0 aromatic heterocycles. The molecule has 1 aliphatic rings. The first-order chi connectivity index (χ1) is 4.75. The molecule has 2 N–H and O–H groups in total. The molecule has 1 aliphatic heterocycles. The number of aliphatic hydroxyl groups excluding tert-OH is 2. The van der Waals surface area contributed by atoms with E-state index >= 15 is 0 Å². The number of nitrogens with zero attached hydrogens (tertiary/aromatic N) is 1. The lowest BCUT2D eigenvalue weighted by atomic mass is 10.1. The predicted octanol–water partition coefficient (Wildman–Crippen LogP) is -0.979. The molecular formula is C6H9NO3. The molecule has 3 atom stereocenters. The minimum absolute atomic E-state index is 0.132. The van der Waals surface area contributed by atoms with Crippen LogP contribution in [-0.2, 0) is 4.74 Å². The molecule has 1 saturated heterocycles. The largest absolute Gasteiger partial charge is 0.388 e. The first-order valence-corrected chi connectivity index (χ1v) is 3.10. The summed E-state index contributed by atoms with van der Waals surface area (Å²) >= 11 is 0. The summed E-state index contributed by atoms with van der Waals surface area (Å²) in [6, 6.07) is 1.86. The van der Waals surface area contributed by atoms with E-state index in [4.69, 9.17) is 20.2 Å². The third kappa shape index (κ3) is 1.27. The number of rotatable bonds is 1. The van der Waals surface area contributed by atoms with E-state index in [-0.39, 0.29) is 13.0 Å². The third-order valence-corrected chi connectivity index (χ3v) is 1.55. The fraction of sp³-hybridized carbons (Fsp3) is 0.833. The summed E-state index contributed by atoms with van der Waals surface area (Å²) in [5, 5.41) is 26.2. The summed E-state index contributed by atoms with van der Waals surface area (Å²) < 4.78 is 4.90. The Kier molecular flexibility index (Phi) is 2.22. The monoisotopic (exact) mass is 143 g/mol. The maximum atomic E-state index is 9.06. The van der Waals surface area contributed by atoms with Crippen LogP contribution >= 0.6 is 0 Å². The number of nitriles is 1. The molecule has 0 aromatic carbocycles. The van der Waals surface area contributed by atoms with Crippen molar-refractivity contribution in [3.05, 3.63) is 0 Å². The second kappa shape index (κ2) is 2.97. The van der Waals surface area contributed by atoms with Gasteiger partial charge in [0.25, 0.3) is 0 Å². The topological polar surface area (TPSA) is 73.5 Å². The Balaban J connectivity index is 2.43. The molecule has 0 aromatic rings. The van der Waals surface area contributed by atoms with Crippen LogP contribution in [0.25, 0.3) is 0 Å². The van der Waals surface area contributed by atoms with Gasteiger partial charge in [0.2, 0.25) is 0 Å². The highest BCUT2D eigenvalue weighted by molar-refractivity contribution is 4.89. The second-order valence-corrected chi connectivity index (χ2v) is 2.29. The van der Waals surface area contributed by atoms with Crippen LogP contribution in [0.15, 0.2) is 0 Å². The Morgan fingerprint density at radius 3 is 2.70 bits per heavy atom. The fourth-order valence-corrected chi connectivity index (χ4v) is 0.937. The minimum atomic E-state index is -0.889. The molecular weight excluding hydrogens is 134 g/mol. The van der Waals surface area contributed by atoms with Crippen molar-refractivity contribution >= 4 is 0 Å². The van der Waals surface area contributed by atoms with E-state index in [1.165, 1.54) is 0 Å². The average molecular weight is 143 g/mol. The van der Waals surface area contributed by atoms with Gasteiger partial charge in [-0.25, -0.2) is 0 Å². The molecule has 10 heavy (non-hydrogen) atoms. The molecule has 0 saturated carbocycles. The normalized spacial score (nSPS) is 39.5. The summed E-state index contributed by atoms with van der Waals surface area (Å²) in [6.07, 6.45) is -2.07. The Hall–Kier alpha value is -0.630. The van der Waals surface area contributed by atoms with Crippen molar-refractivity contribution in [3.63, 3.8) is 0 Å². The Labute approximate surface area is 58.7 Å². The van der Waals surface area contributed by atoms with E-state index in [0.717, 1.165) is 0 Å². The van der Waals surface area contributed by atoms with E-state index in [1.54, 1.807) is 0 Å². The fourth-order valence-electron chi connectivity index (χ4n) is 0.937. The zero-order valence-electron chi connectivity index (χ0n) is 5.40. The van der Waals surface area contributed by atoms with Gasteiger partial charge in [-0.2, -0.15) is 5.26 Å². The molecule has 0 aliphatic carbocycles. The number of aliphatic hydroxyl groups is 2. The van der Waals surface area contributed by atoms with Gasteiger partial charge in [0.1, 0.15) is 12.2 Å². The molecule has 0 unspecified atom stereocenters. The molecule has 0 spiro atoms. The smallest absolute Gasteiger partial charge is 0.109 e. The first kappa shape index (κ1) is 7.48. The van der Waals surface area contributed by atoms with Crippen LogP contribution in [0, 0.1) is 11.3 Å². The molecule has 0 amide bonds. The van der Waals surface area contributed by atoms with Crippen LogP contribution < -0.4 is 0 Å². The predicted molar refractivity (Wildman–Crippen MR) is 32.0 cm³/mol. The lowest BCUT2D eigenvalue weighted by Crippen LogP contribution is -2.29. The molecule has 4 heteroatoms. The van der Waals surface area contributed by atoms with Gasteiger partial charge >= 0.3 is 0 Å². The highest BCUT2D eigenvalue weighted by Gasteiger charge is 2.33. The van der Waals surface area contributed by atoms with Crippen LogP contribution in [0.3, 0.4) is 0 Å². The highest BCUT2D eigenvalue weighted by atomic mass is 16.5. The third-order valence-electron chi connectivity index (χ3n) is 1.55. The molecule has 0 bridgehead atoms. The van der Waals surface area contributed by atoms with Crippen LogP contribution in [0.4, 0.5) is 0 Å². The Morgan fingerprint density at radius 2 is 2.30 bits per heavy atom. The standard InChI is InChI=1S/C6H9NO3/c7-2-1-5-6(9)4(8)3-10-5/h4-6,8-9H,1,3H2/t4-,5+,6-/m1/s1. The lowest BCUT2D eigenvalue weighted by Gasteiger charge is -2.09. The van der Waals surface area contributed by atoms with Crippen molar-refractivity contribution in [3.8, 4) is 6.07 Å². The highest BCUT2D eigenvalue weighted by Crippen LogP contribution is 2.16. The summed E-state index contributed by atoms with van der Waals surface area (Å²) in [6.45, 7) is 0.132. The van der Waals surface area contributed by atoms with Gasteiger partial charge in [-0.3, -0.25) is 0 Å². The zero-order chi connectivity index (χ0) is 7.56. The average Bonchev–Trinajstić information content (AvgIpc) is 2.20. The van der Waals surface area contributed by atoms with Crippen molar-refractivity contribution in [1.82, 2.24) is 0 Å². The van der Waals surface area contributed by atoms with Crippen molar-refractivity contribution in [2.24, 2.45) is 0 Å². The van der Waals surface area contributed by atoms with E-state index in [9.17, 15) is 0 Å². The number of hydrogen-bond donors (Lipinski definition) is 2. The Morgan fingerprint density at radius 1 is 1.60 bits per heavy atom. The van der Waals surface area contributed by atoms with E-state index < -0.39 is 18.3 Å². The molecule has 0 radical (unpaired) electrons. The van der Waals surface area contributed by atoms with Crippen LogP contribution in [0.2, 0.25) is 0 Å². The van der Waals surface area contributed by atoms with Gasteiger partial charge in [0.05, 0.1) is 25.2 Å².